The van der Waals surface area contributed by atoms with E-state index in [4.69, 9.17) is 0 Å². The third kappa shape index (κ3) is 5.46. The lowest BCUT2D eigenvalue weighted by Crippen LogP contribution is -3.00. The van der Waals surface area contributed by atoms with Gasteiger partial charge in [-0.15, -0.1) is 0 Å². The molecule has 3 aromatic carbocycles. The lowest BCUT2D eigenvalue weighted by atomic mass is 9.91. The van der Waals surface area contributed by atoms with Crippen molar-refractivity contribution < 1.29 is 17.0 Å². The maximum atomic E-state index is 3.83. The highest BCUT2D eigenvalue weighted by Gasteiger charge is 2.12. The first-order valence-electron chi connectivity index (χ1n) is 11.3. The van der Waals surface area contributed by atoms with Crippen molar-refractivity contribution in [2.24, 2.45) is 0 Å². The highest BCUT2D eigenvalue weighted by Crippen LogP contribution is 2.29. The lowest BCUT2D eigenvalue weighted by Gasteiger charge is -2.15. The van der Waals surface area contributed by atoms with Gasteiger partial charge in [0.1, 0.15) is 0 Å². The number of hydrogen-bond acceptors (Lipinski definition) is 0. The molecule has 1 aromatic heterocycles. The normalized spacial score (nSPS) is 12.5. The summed E-state index contributed by atoms with van der Waals surface area (Å²) in [5, 5.41) is 0. The second-order valence-corrected chi connectivity index (χ2v) is 9.48. The number of benzene rings is 3. The second-order valence-electron chi connectivity index (χ2n) is 8.62. The van der Waals surface area contributed by atoms with Gasteiger partial charge in [-0.2, -0.15) is 0 Å². The summed E-state index contributed by atoms with van der Waals surface area (Å²) < 4.78 is 3.49. The molecule has 3 heteroatoms. The minimum atomic E-state index is 0. The molecule has 0 atom stereocenters. The van der Waals surface area contributed by atoms with Crippen LogP contribution in [0.25, 0.3) is 17.2 Å². The van der Waals surface area contributed by atoms with Gasteiger partial charge in [0.15, 0.2) is 18.9 Å². The van der Waals surface area contributed by atoms with Crippen molar-refractivity contribution in [3.8, 4) is 11.1 Å². The van der Waals surface area contributed by atoms with Crippen molar-refractivity contribution in [1.29, 1.82) is 0 Å². The molecule has 4 aromatic rings. The van der Waals surface area contributed by atoms with Crippen LogP contribution in [-0.2, 0) is 32.2 Å². The average molecular weight is 517 g/mol. The number of pyridine rings is 1. The first-order valence-corrected chi connectivity index (χ1v) is 12.1. The minimum absolute atomic E-state index is 0. The van der Waals surface area contributed by atoms with Crippen molar-refractivity contribution >= 4 is 22.0 Å². The summed E-state index contributed by atoms with van der Waals surface area (Å²) in [7, 11) is 0. The Balaban J connectivity index is 0.00000259. The Hall–Kier alpha value is -2.68. The molecular weight excluding hydrogens is 490 g/mol. The zero-order valence-electron chi connectivity index (χ0n) is 18.6. The monoisotopic (exact) mass is 515 g/mol. The summed E-state index contributed by atoms with van der Waals surface area (Å²) in [6.07, 6.45) is 10.5. The van der Waals surface area contributed by atoms with Crippen LogP contribution >= 0.6 is 15.9 Å². The Morgan fingerprint density at radius 2 is 1.39 bits per heavy atom. The number of aromatic nitrogens is 1. The van der Waals surface area contributed by atoms with Crippen LogP contribution in [0.4, 0.5) is 0 Å². The summed E-state index contributed by atoms with van der Waals surface area (Å²) >= 11 is 3.77. The molecule has 0 unspecified atom stereocenters. The first-order chi connectivity index (χ1) is 15.7. The summed E-state index contributed by atoms with van der Waals surface area (Å²) in [4.78, 5) is 0. The van der Waals surface area contributed by atoms with Gasteiger partial charge >= 0.3 is 0 Å². The van der Waals surface area contributed by atoms with E-state index < -0.39 is 0 Å². The van der Waals surface area contributed by atoms with Crippen molar-refractivity contribution in [2.75, 3.05) is 0 Å². The van der Waals surface area contributed by atoms with E-state index in [2.05, 4.69) is 112 Å². The van der Waals surface area contributed by atoms with Gasteiger partial charge in [0, 0.05) is 22.2 Å². The topological polar surface area (TPSA) is 3.88 Å². The molecule has 0 spiro atoms. The van der Waals surface area contributed by atoms with Crippen LogP contribution < -0.4 is 17.0 Å². The van der Waals surface area contributed by atoms with Crippen LogP contribution in [-0.4, -0.2) is 0 Å². The quantitative estimate of drug-likeness (QED) is 0.361. The molecule has 1 heterocycles. The molecule has 4 bridgehead atoms. The van der Waals surface area contributed by atoms with Gasteiger partial charge in [-0.05, 0) is 70.7 Å². The summed E-state index contributed by atoms with van der Waals surface area (Å²) in [6.45, 7) is 4.70. The Kier molecular flexibility index (Phi) is 7.47. The second kappa shape index (κ2) is 10.5. The molecule has 0 saturated heterocycles. The molecule has 4 aliphatic carbocycles. The standard InChI is InChI=1S/C30H27BrN.ClH/c1-2-22-3-5-25(6-4-22)21-32-17-15-27(16-18-32)29-19-23-7-11-26(29)12-8-24-10-14-28(13-9-23)30(31)20-24;/h2-7,10-11,14-20H,1,8-9,12-13,21H2;1H/q+1;/p-1. The van der Waals surface area contributed by atoms with Crippen molar-refractivity contribution in [2.45, 2.75) is 32.2 Å². The third-order valence-corrected chi connectivity index (χ3v) is 7.18. The Morgan fingerprint density at radius 1 is 0.758 bits per heavy atom. The fourth-order valence-electron chi connectivity index (χ4n) is 4.49. The third-order valence-electron chi connectivity index (χ3n) is 6.44. The number of halogens is 2. The van der Waals surface area contributed by atoms with Gasteiger partial charge in [0.2, 0.25) is 0 Å². The molecule has 0 fully saturated rings. The van der Waals surface area contributed by atoms with Gasteiger partial charge in [-0.25, -0.2) is 4.57 Å². The van der Waals surface area contributed by atoms with E-state index in [1.54, 1.807) is 0 Å². The molecule has 0 amide bonds. The van der Waals surface area contributed by atoms with E-state index in [0.29, 0.717) is 0 Å². The maximum absolute atomic E-state index is 3.83. The van der Waals surface area contributed by atoms with Crippen LogP contribution in [0.3, 0.4) is 0 Å². The Morgan fingerprint density at radius 3 is 2.06 bits per heavy atom. The van der Waals surface area contributed by atoms with E-state index in [1.165, 1.54) is 43.4 Å². The lowest BCUT2D eigenvalue weighted by molar-refractivity contribution is -0.688. The fourth-order valence-corrected chi connectivity index (χ4v) is 5.11. The predicted octanol–water partition coefficient (Wildman–Crippen LogP) is 3.98. The first kappa shape index (κ1) is 23.5. The summed E-state index contributed by atoms with van der Waals surface area (Å²) in [5.41, 5.74) is 10.7. The van der Waals surface area contributed by atoms with E-state index in [9.17, 15) is 0 Å². The molecule has 1 nitrogen and oxygen atoms in total. The van der Waals surface area contributed by atoms with E-state index in [0.717, 1.165) is 37.8 Å². The van der Waals surface area contributed by atoms with Crippen molar-refractivity contribution in [3.63, 3.8) is 0 Å². The van der Waals surface area contributed by atoms with E-state index >= 15 is 0 Å². The van der Waals surface area contributed by atoms with Crippen LogP contribution in [0.1, 0.15) is 33.4 Å². The molecule has 0 N–H and O–H groups in total. The minimum Gasteiger partial charge on any atom is -1.00 e. The van der Waals surface area contributed by atoms with Crippen LogP contribution in [0.2, 0.25) is 0 Å². The SMILES string of the molecule is C=Cc1ccc(C[n+]2ccc(-c3cc4ccc3CCc3ccc(c(Br)c3)CC4)cc2)cc1.[Cl-]. The van der Waals surface area contributed by atoms with E-state index in [-0.39, 0.29) is 12.4 Å². The van der Waals surface area contributed by atoms with Gasteiger partial charge in [-0.1, -0.05) is 83.2 Å². The van der Waals surface area contributed by atoms with Crippen molar-refractivity contribution in [1.82, 2.24) is 0 Å². The largest absolute Gasteiger partial charge is 1.00 e. The zero-order valence-corrected chi connectivity index (χ0v) is 20.9. The fraction of sp³-hybridized carbons (Fsp3) is 0.167. The smallest absolute Gasteiger partial charge is 0.173 e. The van der Waals surface area contributed by atoms with Gasteiger partial charge in [0.25, 0.3) is 0 Å². The Bertz CT molecular complexity index is 1260. The van der Waals surface area contributed by atoms with E-state index in [1.807, 2.05) is 6.08 Å². The van der Waals surface area contributed by atoms with Gasteiger partial charge < -0.3 is 12.4 Å². The Labute approximate surface area is 211 Å². The number of rotatable bonds is 4. The van der Waals surface area contributed by atoms with Crippen LogP contribution in [0.5, 0.6) is 0 Å². The molecule has 0 radical (unpaired) electrons. The molecule has 0 aliphatic heterocycles. The maximum Gasteiger partial charge on any atom is 0.173 e. The number of hydrogen-bond donors (Lipinski definition) is 0. The number of aryl methyl sites for hydroxylation is 4. The highest BCUT2D eigenvalue weighted by molar-refractivity contribution is 9.10. The zero-order chi connectivity index (χ0) is 21.9. The predicted molar refractivity (Wildman–Crippen MR) is 137 cm³/mol. The molecule has 33 heavy (non-hydrogen) atoms. The number of nitrogens with zero attached hydrogens (tertiary/aromatic N) is 1. The van der Waals surface area contributed by atoms with Gasteiger partial charge in [0.05, 0.1) is 0 Å². The summed E-state index contributed by atoms with van der Waals surface area (Å²) in [5.74, 6) is 0. The molecule has 166 valence electrons. The average Bonchev–Trinajstić information content (AvgIpc) is 2.82. The van der Waals surface area contributed by atoms with Crippen LogP contribution in [0.15, 0.2) is 96.2 Å². The molecule has 0 saturated carbocycles. The summed E-state index contributed by atoms with van der Waals surface area (Å²) in [6, 6.07) is 27.1. The highest BCUT2D eigenvalue weighted by atomic mass is 79.9. The van der Waals surface area contributed by atoms with Crippen LogP contribution in [0, 0.1) is 0 Å². The molecule has 8 rings (SSSR count). The molecular formula is C30H27BrClN. The van der Waals surface area contributed by atoms with Crippen molar-refractivity contribution in [3.05, 3.63) is 130 Å². The molecule has 4 aliphatic rings. The van der Waals surface area contributed by atoms with Gasteiger partial charge in [-0.3, -0.25) is 0 Å².